The number of sulfonamides is 1. The Kier molecular flexibility index (Phi) is 7.94. The van der Waals surface area contributed by atoms with E-state index in [2.05, 4.69) is 4.99 Å². The van der Waals surface area contributed by atoms with E-state index in [-0.39, 0.29) is 11.5 Å². The van der Waals surface area contributed by atoms with Gasteiger partial charge in [0.05, 0.1) is 30.5 Å². The van der Waals surface area contributed by atoms with E-state index in [1.165, 1.54) is 44.6 Å². The first-order chi connectivity index (χ1) is 18.2. The summed E-state index contributed by atoms with van der Waals surface area (Å²) in [6.45, 7) is 0. The number of rotatable bonds is 8. The third kappa shape index (κ3) is 5.61. The molecular formula is C27H22ClN3O6S. The molecule has 0 bridgehead atoms. The minimum atomic E-state index is -4.58. The van der Waals surface area contributed by atoms with Crippen molar-refractivity contribution >= 4 is 44.5 Å². The van der Waals surface area contributed by atoms with Crippen LogP contribution in [0.3, 0.4) is 0 Å². The average molecular weight is 552 g/mol. The Morgan fingerprint density at radius 3 is 1.95 bits per heavy atom. The van der Waals surface area contributed by atoms with E-state index in [4.69, 9.17) is 21.1 Å². The van der Waals surface area contributed by atoms with Gasteiger partial charge in [-0.05, 0) is 78.9 Å². The fourth-order valence-electron chi connectivity index (χ4n) is 3.62. The molecule has 0 saturated carbocycles. The van der Waals surface area contributed by atoms with Gasteiger partial charge in [-0.3, -0.25) is 10.1 Å². The van der Waals surface area contributed by atoms with Crippen molar-refractivity contribution < 1.29 is 22.8 Å². The fourth-order valence-corrected chi connectivity index (χ4v) is 5.38. The fraction of sp³-hybridized carbons (Fsp3) is 0.0741. The van der Waals surface area contributed by atoms with Gasteiger partial charge in [0, 0.05) is 16.7 Å². The van der Waals surface area contributed by atoms with Crippen molar-refractivity contribution in [2.45, 2.75) is 4.90 Å². The van der Waals surface area contributed by atoms with Gasteiger partial charge < -0.3 is 9.47 Å². The van der Waals surface area contributed by atoms with Crippen LogP contribution in [0.2, 0.25) is 5.02 Å². The van der Waals surface area contributed by atoms with Crippen LogP contribution in [0.5, 0.6) is 11.5 Å². The van der Waals surface area contributed by atoms with Gasteiger partial charge in [-0.2, -0.15) is 0 Å². The number of nitro groups is 1. The quantitative estimate of drug-likeness (QED) is 0.111. The van der Waals surface area contributed by atoms with E-state index < -0.39 is 25.5 Å². The van der Waals surface area contributed by atoms with Crippen LogP contribution in [0, 0.1) is 10.1 Å². The molecule has 0 aromatic heterocycles. The summed E-state index contributed by atoms with van der Waals surface area (Å²) in [5.74, 6) is 1.09. The first-order valence-corrected chi connectivity index (χ1v) is 13.0. The molecule has 0 N–H and O–H groups in total. The molecule has 0 heterocycles. The summed E-state index contributed by atoms with van der Waals surface area (Å²) in [4.78, 5) is 15.2. The van der Waals surface area contributed by atoms with Gasteiger partial charge >= 0.3 is 0 Å². The summed E-state index contributed by atoms with van der Waals surface area (Å²) >= 11 is 6.11. The molecule has 0 aliphatic carbocycles. The molecule has 4 aromatic rings. The number of methoxy groups -OCH3 is 2. The molecule has 0 spiro atoms. The highest BCUT2D eigenvalue weighted by Crippen LogP contribution is 2.33. The van der Waals surface area contributed by atoms with Gasteiger partial charge in [-0.25, -0.2) is 17.7 Å². The summed E-state index contributed by atoms with van der Waals surface area (Å²) in [6.07, 6.45) is 0. The summed E-state index contributed by atoms with van der Waals surface area (Å²) in [6, 6.07) is 24.5. The van der Waals surface area contributed by atoms with E-state index in [0.29, 0.717) is 27.8 Å². The van der Waals surface area contributed by atoms with E-state index in [9.17, 15) is 18.5 Å². The van der Waals surface area contributed by atoms with Crippen molar-refractivity contribution in [3.05, 3.63) is 118 Å². The van der Waals surface area contributed by atoms with Gasteiger partial charge in [0.25, 0.3) is 15.7 Å². The Morgan fingerprint density at radius 2 is 1.39 bits per heavy atom. The van der Waals surface area contributed by atoms with Crippen LogP contribution in [-0.2, 0) is 10.0 Å². The number of amidine groups is 1. The number of hydrogen-bond donors (Lipinski definition) is 0. The van der Waals surface area contributed by atoms with Crippen molar-refractivity contribution in [1.82, 2.24) is 0 Å². The lowest BCUT2D eigenvalue weighted by atomic mass is 10.2. The van der Waals surface area contributed by atoms with Crippen molar-refractivity contribution in [2.75, 3.05) is 18.5 Å². The molecule has 4 aromatic carbocycles. The zero-order valence-electron chi connectivity index (χ0n) is 20.3. The number of hydrogen-bond acceptors (Lipinski definition) is 7. The number of para-hydroxylation sites is 1. The van der Waals surface area contributed by atoms with Gasteiger partial charge in [-0.1, -0.05) is 23.7 Å². The smallest absolute Gasteiger partial charge is 0.289 e. The van der Waals surface area contributed by atoms with Gasteiger partial charge in [0.2, 0.25) is 0 Å². The highest BCUT2D eigenvalue weighted by molar-refractivity contribution is 7.93. The molecule has 4 rings (SSSR count). The molecule has 0 unspecified atom stereocenters. The second-order valence-corrected chi connectivity index (χ2v) is 10.0. The number of ether oxygens (including phenoxy) is 2. The van der Waals surface area contributed by atoms with Gasteiger partial charge in [0.1, 0.15) is 11.5 Å². The highest BCUT2D eigenvalue weighted by Gasteiger charge is 2.35. The summed E-state index contributed by atoms with van der Waals surface area (Å²) in [5, 5.41) is 12.2. The Bertz CT molecular complexity index is 1570. The SMILES string of the molecule is COc1ccc(N=C(c2ccc(Cl)cc2)N(c2ccc(OC)cc2)S(=O)(=O)c2ccccc2[N+](=O)[O-])cc1. The lowest BCUT2D eigenvalue weighted by Crippen LogP contribution is -2.38. The van der Waals surface area contributed by atoms with Gasteiger partial charge in [0.15, 0.2) is 10.7 Å². The lowest BCUT2D eigenvalue weighted by molar-refractivity contribution is -0.387. The zero-order valence-corrected chi connectivity index (χ0v) is 21.9. The van der Waals surface area contributed by atoms with Crippen LogP contribution >= 0.6 is 11.6 Å². The third-order valence-corrected chi connectivity index (χ3v) is 7.51. The molecule has 0 fully saturated rings. The van der Waals surface area contributed by atoms with E-state index in [0.717, 1.165) is 10.4 Å². The van der Waals surface area contributed by atoms with Gasteiger partial charge in [-0.15, -0.1) is 0 Å². The molecule has 0 aliphatic heterocycles. The molecule has 0 amide bonds. The topological polar surface area (TPSA) is 111 Å². The number of aliphatic imine (C=N–C) groups is 1. The summed E-state index contributed by atoms with van der Waals surface area (Å²) in [5.41, 5.74) is 0.451. The Balaban J connectivity index is 2.03. The van der Waals surface area contributed by atoms with Crippen LogP contribution in [0.25, 0.3) is 0 Å². The summed E-state index contributed by atoms with van der Waals surface area (Å²) < 4.78 is 39.9. The zero-order chi connectivity index (χ0) is 27.3. The number of benzene rings is 4. The largest absolute Gasteiger partial charge is 0.497 e. The van der Waals surface area contributed by atoms with E-state index in [1.54, 1.807) is 60.7 Å². The van der Waals surface area contributed by atoms with Crippen LogP contribution in [-0.4, -0.2) is 33.4 Å². The minimum Gasteiger partial charge on any atom is -0.497 e. The van der Waals surface area contributed by atoms with Crippen molar-refractivity contribution in [3.8, 4) is 11.5 Å². The number of anilines is 1. The van der Waals surface area contributed by atoms with E-state index in [1.807, 2.05) is 0 Å². The lowest BCUT2D eigenvalue weighted by Gasteiger charge is -2.26. The predicted molar refractivity (Wildman–Crippen MR) is 146 cm³/mol. The molecule has 0 saturated heterocycles. The summed E-state index contributed by atoms with van der Waals surface area (Å²) in [7, 11) is -1.56. The van der Waals surface area contributed by atoms with Crippen molar-refractivity contribution in [3.63, 3.8) is 0 Å². The number of nitrogens with zero attached hydrogens (tertiary/aromatic N) is 3. The second-order valence-electron chi connectivity index (χ2n) is 7.83. The van der Waals surface area contributed by atoms with Crippen LogP contribution in [0.4, 0.5) is 17.1 Å². The Labute approximate surface area is 224 Å². The third-order valence-electron chi connectivity index (χ3n) is 5.49. The monoisotopic (exact) mass is 551 g/mol. The molecule has 0 atom stereocenters. The maximum atomic E-state index is 14.2. The average Bonchev–Trinajstić information content (AvgIpc) is 2.93. The first-order valence-electron chi connectivity index (χ1n) is 11.2. The normalized spacial score (nSPS) is 11.6. The highest BCUT2D eigenvalue weighted by atomic mass is 35.5. The molecular weight excluding hydrogens is 530 g/mol. The van der Waals surface area contributed by atoms with Crippen LogP contribution in [0.15, 0.2) is 107 Å². The van der Waals surface area contributed by atoms with Crippen molar-refractivity contribution in [1.29, 1.82) is 0 Å². The van der Waals surface area contributed by atoms with Crippen LogP contribution < -0.4 is 13.8 Å². The van der Waals surface area contributed by atoms with E-state index >= 15 is 0 Å². The number of halogens is 1. The standard InChI is InChI=1S/C27H22ClN3O6S/c1-36-23-15-11-21(12-16-23)29-27(19-7-9-20(28)10-8-19)30(22-13-17-24(37-2)18-14-22)38(34,35)26-6-4-3-5-25(26)31(32)33/h3-18H,1-2H3. The first kappa shape index (κ1) is 26.6. The Hall–Kier alpha value is -4.41. The molecule has 0 aliphatic rings. The molecule has 38 heavy (non-hydrogen) atoms. The molecule has 9 nitrogen and oxygen atoms in total. The Morgan fingerprint density at radius 1 is 0.842 bits per heavy atom. The second kappa shape index (κ2) is 11.3. The maximum Gasteiger partial charge on any atom is 0.289 e. The molecule has 0 radical (unpaired) electrons. The maximum absolute atomic E-state index is 14.2. The van der Waals surface area contributed by atoms with Crippen LogP contribution in [0.1, 0.15) is 5.56 Å². The molecule has 194 valence electrons. The number of nitro benzene ring substituents is 1. The minimum absolute atomic E-state index is 0.00449. The molecule has 11 heteroatoms. The van der Waals surface area contributed by atoms with Crippen molar-refractivity contribution in [2.24, 2.45) is 4.99 Å². The predicted octanol–water partition coefficient (Wildman–Crippen LogP) is 6.24.